The summed E-state index contributed by atoms with van der Waals surface area (Å²) < 4.78 is 0. The van der Waals surface area contributed by atoms with Crippen LogP contribution in [-0.2, 0) is 4.79 Å². The fourth-order valence-electron chi connectivity index (χ4n) is 2.29. The fraction of sp³-hybridized carbons (Fsp3) is 0.769. The van der Waals surface area contributed by atoms with Crippen molar-refractivity contribution in [3.63, 3.8) is 0 Å². The van der Waals surface area contributed by atoms with Gasteiger partial charge in [-0.15, -0.1) is 0 Å². The van der Waals surface area contributed by atoms with Crippen molar-refractivity contribution in [1.29, 1.82) is 0 Å². The first-order valence-electron chi connectivity index (χ1n) is 5.91. The average Bonchev–Trinajstić information content (AvgIpc) is 2.49. The number of carboxylic acid groups (broad SMARTS) is 1. The predicted molar refractivity (Wildman–Crippen MR) is 65.4 cm³/mol. The van der Waals surface area contributed by atoms with Gasteiger partial charge in [0.1, 0.15) is 0 Å². The largest absolute Gasteiger partial charge is 0.478 e. The first-order valence-corrected chi connectivity index (χ1v) is 5.91. The van der Waals surface area contributed by atoms with Gasteiger partial charge in [0.25, 0.3) is 0 Å². The lowest BCUT2D eigenvalue weighted by molar-refractivity contribution is -0.131. The molecule has 3 nitrogen and oxygen atoms in total. The molecule has 1 rings (SSSR count). The molecule has 0 saturated carbocycles. The van der Waals surface area contributed by atoms with Gasteiger partial charge in [-0.2, -0.15) is 0 Å². The molecule has 3 heteroatoms. The summed E-state index contributed by atoms with van der Waals surface area (Å²) in [6.45, 7) is 11.7. The molecule has 1 N–H and O–H groups in total. The number of likely N-dealkylation sites (tertiary alicyclic amines) is 1. The first kappa shape index (κ1) is 13.2. The van der Waals surface area contributed by atoms with Gasteiger partial charge in [0, 0.05) is 19.2 Å². The highest BCUT2D eigenvalue weighted by atomic mass is 16.4. The second kappa shape index (κ2) is 5.00. The minimum absolute atomic E-state index is 0.360. The van der Waals surface area contributed by atoms with Gasteiger partial charge in [-0.05, 0) is 31.2 Å². The highest BCUT2D eigenvalue weighted by Gasteiger charge is 2.31. The molecule has 0 aromatic carbocycles. The number of nitrogens with zero attached hydrogens (tertiary/aromatic N) is 1. The summed E-state index contributed by atoms with van der Waals surface area (Å²) >= 11 is 0. The lowest BCUT2D eigenvalue weighted by Gasteiger charge is -2.27. The Bertz CT molecular complexity index is 289. The predicted octanol–water partition coefficient (Wildman–Crippen LogP) is 2.39. The maximum Gasteiger partial charge on any atom is 0.328 e. The molecule has 0 bridgehead atoms. The van der Waals surface area contributed by atoms with Crippen molar-refractivity contribution in [3.8, 4) is 0 Å². The monoisotopic (exact) mass is 225 g/mol. The average molecular weight is 225 g/mol. The molecular formula is C13H23NO2. The molecular weight excluding hydrogens is 202 g/mol. The smallest absolute Gasteiger partial charge is 0.328 e. The second-order valence-electron chi connectivity index (χ2n) is 5.92. The van der Waals surface area contributed by atoms with E-state index in [9.17, 15) is 4.79 Å². The SMILES string of the molecule is CC(=CC(=O)O)CN1CCC(C(C)(C)C)C1. The minimum atomic E-state index is -0.843. The van der Waals surface area contributed by atoms with E-state index in [0.29, 0.717) is 5.41 Å². The Morgan fingerprint density at radius 1 is 1.50 bits per heavy atom. The molecule has 1 saturated heterocycles. The van der Waals surface area contributed by atoms with Gasteiger partial charge in [0.15, 0.2) is 0 Å². The van der Waals surface area contributed by atoms with E-state index in [-0.39, 0.29) is 0 Å². The highest BCUT2D eigenvalue weighted by Crippen LogP contribution is 2.33. The zero-order chi connectivity index (χ0) is 12.3. The maximum absolute atomic E-state index is 10.5. The summed E-state index contributed by atoms with van der Waals surface area (Å²) in [7, 11) is 0. The quantitative estimate of drug-likeness (QED) is 0.750. The van der Waals surface area contributed by atoms with Crippen molar-refractivity contribution in [2.24, 2.45) is 11.3 Å². The Morgan fingerprint density at radius 3 is 2.56 bits per heavy atom. The van der Waals surface area contributed by atoms with Crippen LogP contribution in [-0.4, -0.2) is 35.6 Å². The number of hydrogen-bond donors (Lipinski definition) is 1. The van der Waals surface area contributed by atoms with E-state index in [1.807, 2.05) is 6.92 Å². The van der Waals surface area contributed by atoms with Crippen LogP contribution < -0.4 is 0 Å². The molecule has 1 fully saturated rings. The van der Waals surface area contributed by atoms with E-state index in [1.165, 1.54) is 12.5 Å². The minimum Gasteiger partial charge on any atom is -0.478 e. The van der Waals surface area contributed by atoms with Crippen LogP contribution in [0.1, 0.15) is 34.1 Å². The third-order valence-electron chi connectivity index (χ3n) is 3.34. The molecule has 1 aliphatic rings. The number of rotatable bonds is 3. The molecule has 0 spiro atoms. The van der Waals surface area contributed by atoms with Gasteiger partial charge in [-0.1, -0.05) is 26.3 Å². The Balaban J connectivity index is 2.46. The first-order chi connectivity index (χ1) is 7.29. The lowest BCUT2D eigenvalue weighted by atomic mass is 9.80. The molecule has 0 radical (unpaired) electrons. The van der Waals surface area contributed by atoms with Crippen LogP contribution in [0.15, 0.2) is 11.6 Å². The van der Waals surface area contributed by atoms with E-state index >= 15 is 0 Å². The van der Waals surface area contributed by atoms with Crippen LogP contribution in [0.25, 0.3) is 0 Å². The van der Waals surface area contributed by atoms with E-state index in [4.69, 9.17) is 5.11 Å². The van der Waals surface area contributed by atoms with Crippen molar-refractivity contribution in [3.05, 3.63) is 11.6 Å². The highest BCUT2D eigenvalue weighted by molar-refractivity contribution is 5.80. The Labute approximate surface area is 98.1 Å². The van der Waals surface area contributed by atoms with Gasteiger partial charge in [-0.25, -0.2) is 4.79 Å². The molecule has 0 aromatic heterocycles. The Hall–Kier alpha value is -0.830. The van der Waals surface area contributed by atoms with E-state index in [0.717, 1.165) is 31.1 Å². The third kappa shape index (κ3) is 3.97. The van der Waals surface area contributed by atoms with E-state index < -0.39 is 5.97 Å². The van der Waals surface area contributed by atoms with Gasteiger partial charge in [0.05, 0.1) is 0 Å². The Kier molecular flexibility index (Phi) is 4.14. The normalized spacial score (nSPS) is 23.8. The summed E-state index contributed by atoms with van der Waals surface area (Å²) in [5.41, 5.74) is 1.29. The zero-order valence-electron chi connectivity index (χ0n) is 10.8. The summed E-state index contributed by atoms with van der Waals surface area (Å²) in [6, 6.07) is 0. The number of carboxylic acids is 1. The third-order valence-corrected chi connectivity index (χ3v) is 3.34. The maximum atomic E-state index is 10.5. The fourth-order valence-corrected chi connectivity index (χ4v) is 2.29. The van der Waals surface area contributed by atoms with E-state index in [1.54, 1.807) is 0 Å². The standard InChI is InChI=1S/C13H23NO2/c1-10(7-12(15)16)8-14-6-5-11(9-14)13(2,3)4/h7,11H,5-6,8-9H2,1-4H3,(H,15,16). The lowest BCUT2D eigenvalue weighted by Crippen LogP contribution is -2.27. The zero-order valence-corrected chi connectivity index (χ0v) is 10.8. The van der Waals surface area contributed by atoms with Crippen LogP contribution in [0.5, 0.6) is 0 Å². The van der Waals surface area contributed by atoms with Gasteiger partial charge in [0.2, 0.25) is 0 Å². The van der Waals surface area contributed by atoms with Crippen LogP contribution in [0.2, 0.25) is 0 Å². The van der Waals surface area contributed by atoms with Crippen LogP contribution in [0.4, 0.5) is 0 Å². The summed E-state index contributed by atoms with van der Waals surface area (Å²) in [4.78, 5) is 12.9. The van der Waals surface area contributed by atoms with Gasteiger partial charge < -0.3 is 5.11 Å². The van der Waals surface area contributed by atoms with Crippen molar-refractivity contribution in [2.45, 2.75) is 34.1 Å². The number of carbonyl (C=O) groups is 1. The van der Waals surface area contributed by atoms with Crippen molar-refractivity contribution in [1.82, 2.24) is 4.90 Å². The topological polar surface area (TPSA) is 40.5 Å². The summed E-state index contributed by atoms with van der Waals surface area (Å²) in [5, 5.41) is 8.64. The second-order valence-corrected chi connectivity index (χ2v) is 5.92. The summed E-state index contributed by atoms with van der Waals surface area (Å²) in [6.07, 6.45) is 2.54. The molecule has 0 aliphatic carbocycles. The van der Waals surface area contributed by atoms with Crippen molar-refractivity contribution >= 4 is 5.97 Å². The molecule has 0 amide bonds. The molecule has 16 heavy (non-hydrogen) atoms. The van der Waals surface area contributed by atoms with Crippen molar-refractivity contribution in [2.75, 3.05) is 19.6 Å². The summed E-state index contributed by atoms with van der Waals surface area (Å²) in [5.74, 6) is -0.116. The number of aliphatic carboxylic acids is 1. The molecule has 0 aromatic rings. The van der Waals surface area contributed by atoms with Crippen LogP contribution in [0.3, 0.4) is 0 Å². The molecule has 1 unspecified atom stereocenters. The van der Waals surface area contributed by atoms with Crippen molar-refractivity contribution < 1.29 is 9.90 Å². The Morgan fingerprint density at radius 2 is 2.12 bits per heavy atom. The molecule has 1 aliphatic heterocycles. The molecule has 1 atom stereocenters. The van der Waals surface area contributed by atoms with Gasteiger partial charge in [-0.3, -0.25) is 4.90 Å². The number of hydrogen-bond acceptors (Lipinski definition) is 2. The van der Waals surface area contributed by atoms with E-state index in [2.05, 4.69) is 25.7 Å². The molecule has 92 valence electrons. The van der Waals surface area contributed by atoms with Crippen LogP contribution >= 0.6 is 0 Å². The van der Waals surface area contributed by atoms with Gasteiger partial charge >= 0.3 is 5.97 Å². The van der Waals surface area contributed by atoms with Crippen LogP contribution in [0, 0.1) is 11.3 Å². The molecule has 1 heterocycles.